The van der Waals surface area contributed by atoms with Crippen LogP contribution in [0.15, 0.2) is 48.5 Å². The lowest BCUT2D eigenvalue weighted by atomic mass is 10.1. The van der Waals surface area contributed by atoms with Crippen molar-refractivity contribution in [2.45, 2.75) is 20.3 Å². The molecule has 3 aromatic rings. The monoisotopic (exact) mass is 279 g/mol. The Bertz CT molecular complexity index is 790. The lowest BCUT2D eigenvalue weighted by Gasteiger charge is -2.08. The summed E-state index contributed by atoms with van der Waals surface area (Å²) in [5.41, 5.74) is 3.66. The molecule has 1 aromatic carbocycles. The first kappa shape index (κ1) is 13.4. The van der Waals surface area contributed by atoms with Gasteiger partial charge in [0, 0.05) is 17.7 Å². The molecule has 0 saturated carbocycles. The second kappa shape index (κ2) is 5.40. The Balaban J connectivity index is 2.26. The highest BCUT2D eigenvalue weighted by Crippen LogP contribution is 2.29. The maximum atomic E-state index is 11.9. The molecule has 0 aliphatic carbocycles. The Morgan fingerprint density at radius 1 is 1.14 bits per heavy atom. The molecule has 4 nitrogen and oxygen atoms in total. The van der Waals surface area contributed by atoms with Crippen LogP contribution in [0.25, 0.3) is 16.9 Å². The van der Waals surface area contributed by atoms with E-state index >= 15 is 0 Å². The third-order valence-corrected chi connectivity index (χ3v) is 3.46. The first-order valence-electron chi connectivity index (χ1n) is 7.04. The molecule has 0 atom stereocenters. The van der Waals surface area contributed by atoms with E-state index < -0.39 is 0 Å². The van der Waals surface area contributed by atoms with Crippen LogP contribution in [0.4, 0.5) is 5.82 Å². The van der Waals surface area contributed by atoms with Crippen LogP contribution in [0.2, 0.25) is 0 Å². The number of aromatic nitrogens is 2. The Morgan fingerprint density at radius 3 is 2.62 bits per heavy atom. The summed E-state index contributed by atoms with van der Waals surface area (Å²) in [6.45, 7) is 3.85. The number of carbonyl (C=O) groups is 1. The highest BCUT2D eigenvalue weighted by Gasteiger charge is 2.16. The van der Waals surface area contributed by atoms with Gasteiger partial charge in [-0.05, 0) is 19.1 Å². The van der Waals surface area contributed by atoms with Crippen molar-refractivity contribution in [3.63, 3.8) is 0 Å². The first-order chi connectivity index (χ1) is 10.2. The number of pyridine rings is 1. The zero-order valence-corrected chi connectivity index (χ0v) is 12.1. The number of carbonyl (C=O) groups excluding carboxylic acids is 1. The minimum atomic E-state index is -0.0164. The molecular weight excluding hydrogens is 262 g/mol. The van der Waals surface area contributed by atoms with E-state index in [2.05, 4.69) is 10.3 Å². The van der Waals surface area contributed by atoms with Gasteiger partial charge in [0.2, 0.25) is 5.91 Å². The Labute approximate surface area is 123 Å². The maximum absolute atomic E-state index is 11.9. The predicted molar refractivity (Wildman–Crippen MR) is 84.3 cm³/mol. The van der Waals surface area contributed by atoms with Crippen molar-refractivity contribution in [1.82, 2.24) is 9.38 Å². The molecule has 0 aliphatic heterocycles. The number of aryl methyl sites for hydroxylation is 1. The van der Waals surface area contributed by atoms with Crippen molar-refractivity contribution in [3.8, 4) is 11.3 Å². The van der Waals surface area contributed by atoms with Crippen molar-refractivity contribution >= 4 is 17.4 Å². The summed E-state index contributed by atoms with van der Waals surface area (Å²) in [5, 5.41) is 2.98. The van der Waals surface area contributed by atoms with Gasteiger partial charge in [-0.25, -0.2) is 4.98 Å². The number of benzene rings is 1. The molecular formula is C17H17N3O. The Kier molecular flexibility index (Phi) is 3.44. The molecule has 0 fully saturated rings. The molecule has 0 unspecified atom stereocenters. The van der Waals surface area contributed by atoms with Crippen LogP contribution in [-0.2, 0) is 4.79 Å². The maximum Gasteiger partial charge on any atom is 0.225 e. The van der Waals surface area contributed by atoms with E-state index in [1.807, 2.05) is 66.8 Å². The van der Waals surface area contributed by atoms with E-state index in [4.69, 9.17) is 0 Å². The van der Waals surface area contributed by atoms with Crippen molar-refractivity contribution < 1.29 is 4.79 Å². The van der Waals surface area contributed by atoms with Crippen LogP contribution in [0.1, 0.15) is 19.0 Å². The second-order valence-electron chi connectivity index (χ2n) is 4.94. The average Bonchev–Trinajstić information content (AvgIpc) is 2.88. The minimum Gasteiger partial charge on any atom is -0.310 e. The number of hydrogen-bond donors (Lipinski definition) is 1. The molecule has 0 bridgehead atoms. The molecule has 0 saturated heterocycles. The van der Waals surface area contributed by atoms with Crippen LogP contribution in [0.5, 0.6) is 0 Å². The van der Waals surface area contributed by atoms with Gasteiger partial charge in [-0.2, -0.15) is 0 Å². The van der Waals surface area contributed by atoms with Gasteiger partial charge in [0.05, 0.1) is 0 Å². The number of nitrogens with zero attached hydrogens (tertiary/aromatic N) is 2. The zero-order chi connectivity index (χ0) is 14.8. The largest absolute Gasteiger partial charge is 0.310 e. The van der Waals surface area contributed by atoms with Crippen LogP contribution in [-0.4, -0.2) is 15.3 Å². The molecule has 1 N–H and O–H groups in total. The SMILES string of the molecule is CCC(=O)Nc1c(-c2ccccc2)nc2cccc(C)n12. The van der Waals surface area contributed by atoms with Gasteiger partial charge < -0.3 is 5.32 Å². The molecule has 4 heteroatoms. The van der Waals surface area contributed by atoms with Crippen LogP contribution < -0.4 is 5.32 Å². The second-order valence-corrected chi connectivity index (χ2v) is 4.94. The van der Waals surface area contributed by atoms with Crippen LogP contribution in [0, 0.1) is 6.92 Å². The smallest absolute Gasteiger partial charge is 0.225 e. The third-order valence-electron chi connectivity index (χ3n) is 3.46. The Hall–Kier alpha value is -2.62. The lowest BCUT2D eigenvalue weighted by molar-refractivity contribution is -0.115. The molecule has 0 radical (unpaired) electrons. The van der Waals surface area contributed by atoms with Crippen molar-refractivity contribution in [2.24, 2.45) is 0 Å². The summed E-state index contributed by atoms with van der Waals surface area (Å²) in [5.74, 6) is 0.721. The van der Waals surface area contributed by atoms with Gasteiger partial charge in [0.25, 0.3) is 0 Å². The van der Waals surface area contributed by atoms with Gasteiger partial charge in [-0.15, -0.1) is 0 Å². The van der Waals surface area contributed by atoms with E-state index in [0.717, 1.165) is 28.4 Å². The van der Waals surface area contributed by atoms with E-state index in [0.29, 0.717) is 6.42 Å². The van der Waals surface area contributed by atoms with E-state index in [1.54, 1.807) is 0 Å². The number of imidazole rings is 1. The quantitative estimate of drug-likeness (QED) is 0.795. The highest BCUT2D eigenvalue weighted by atomic mass is 16.1. The van der Waals surface area contributed by atoms with Crippen LogP contribution >= 0.6 is 0 Å². The van der Waals surface area contributed by atoms with Gasteiger partial charge in [-0.3, -0.25) is 9.20 Å². The van der Waals surface area contributed by atoms with Crippen molar-refractivity contribution in [1.29, 1.82) is 0 Å². The summed E-state index contributed by atoms with van der Waals surface area (Å²) in [4.78, 5) is 16.5. The van der Waals surface area contributed by atoms with Crippen LogP contribution in [0.3, 0.4) is 0 Å². The normalized spacial score (nSPS) is 10.8. The standard InChI is InChI=1S/C17H17N3O/c1-3-15(21)19-17-16(13-9-5-4-6-10-13)18-14-11-7-8-12(2)20(14)17/h4-11H,3H2,1-2H3,(H,19,21). The van der Waals surface area contributed by atoms with Crippen molar-refractivity contribution in [3.05, 3.63) is 54.2 Å². The number of hydrogen-bond acceptors (Lipinski definition) is 2. The molecule has 0 spiro atoms. The molecule has 1 amide bonds. The van der Waals surface area contributed by atoms with Gasteiger partial charge in [0.1, 0.15) is 17.2 Å². The zero-order valence-electron chi connectivity index (χ0n) is 12.1. The number of nitrogens with one attached hydrogen (secondary N) is 1. The van der Waals surface area contributed by atoms with Gasteiger partial charge >= 0.3 is 0 Å². The fourth-order valence-corrected chi connectivity index (χ4v) is 2.39. The average molecular weight is 279 g/mol. The molecule has 2 heterocycles. The minimum absolute atomic E-state index is 0.0164. The Morgan fingerprint density at radius 2 is 1.90 bits per heavy atom. The molecule has 2 aromatic heterocycles. The summed E-state index contributed by atoms with van der Waals surface area (Å²) >= 11 is 0. The fourth-order valence-electron chi connectivity index (χ4n) is 2.39. The van der Waals surface area contributed by atoms with Gasteiger partial charge in [-0.1, -0.05) is 43.3 Å². The van der Waals surface area contributed by atoms with E-state index in [-0.39, 0.29) is 5.91 Å². The molecule has 21 heavy (non-hydrogen) atoms. The van der Waals surface area contributed by atoms with E-state index in [9.17, 15) is 4.79 Å². The topological polar surface area (TPSA) is 46.4 Å². The fraction of sp³-hybridized carbons (Fsp3) is 0.176. The number of anilines is 1. The molecule has 106 valence electrons. The highest BCUT2D eigenvalue weighted by molar-refractivity contribution is 5.94. The third kappa shape index (κ3) is 2.40. The lowest BCUT2D eigenvalue weighted by Crippen LogP contribution is -2.12. The number of amides is 1. The summed E-state index contributed by atoms with van der Waals surface area (Å²) in [6.07, 6.45) is 0.438. The summed E-state index contributed by atoms with van der Waals surface area (Å²) in [7, 11) is 0. The molecule has 0 aliphatic rings. The first-order valence-corrected chi connectivity index (χ1v) is 7.04. The molecule has 3 rings (SSSR count). The number of rotatable bonds is 3. The summed E-state index contributed by atoms with van der Waals surface area (Å²) < 4.78 is 1.98. The van der Waals surface area contributed by atoms with Crippen molar-refractivity contribution in [2.75, 3.05) is 5.32 Å². The summed E-state index contributed by atoms with van der Waals surface area (Å²) in [6, 6.07) is 15.8. The number of fused-ring (bicyclic) bond motifs is 1. The van der Waals surface area contributed by atoms with E-state index in [1.165, 1.54) is 0 Å². The van der Waals surface area contributed by atoms with Gasteiger partial charge in [0.15, 0.2) is 0 Å². The predicted octanol–water partition coefficient (Wildman–Crippen LogP) is 3.66.